The summed E-state index contributed by atoms with van der Waals surface area (Å²) >= 11 is 7.47. The maximum absolute atomic E-state index is 10.3. The molecule has 19 heavy (non-hydrogen) atoms. The first-order valence-electron chi connectivity index (χ1n) is 6.14. The van der Waals surface area contributed by atoms with E-state index in [9.17, 15) is 5.11 Å². The summed E-state index contributed by atoms with van der Waals surface area (Å²) in [5.74, 6) is 0. The summed E-state index contributed by atoms with van der Waals surface area (Å²) in [6.07, 6.45) is -0.550. The molecule has 1 aromatic heterocycles. The summed E-state index contributed by atoms with van der Waals surface area (Å²) in [5.41, 5.74) is 3.75. The lowest BCUT2D eigenvalue weighted by molar-refractivity contribution is 0.135. The Bertz CT molecular complexity index is 526. The summed E-state index contributed by atoms with van der Waals surface area (Å²) in [4.78, 5) is 5.41. The molecule has 1 heterocycles. The van der Waals surface area contributed by atoms with E-state index in [1.54, 1.807) is 23.5 Å². The minimum absolute atomic E-state index is 0.0392. The van der Waals surface area contributed by atoms with Crippen LogP contribution in [-0.2, 0) is 6.54 Å². The van der Waals surface area contributed by atoms with Gasteiger partial charge in [0.15, 0.2) is 0 Å². The van der Waals surface area contributed by atoms with Crippen molar-refractivity contribution in [3.05, 3.63) is 50.9 Å². The molecular formula is C14H17ClN2OS. The minimum atomic E-state index is -0.550. The highest BCUT2D eigenvalue weighted by atomic mass is 35.5. The minimum Gasteiger partial charge on any atom is -0.387 e. The van der Waals surface area contributed by atoms with Gasteiger partial charge >= 0.3 is 0 Å². The molecule has 5 heteroatoms. The highest BCUT2D eigenvalue weighted by Crippen LogP contribution is 2.20. The molecule has 2 atom stereocenters. The second-order valence-electron chi connectivity index (χ2n) is 4.53. The van der Waals surface area contributed by atoms with Crippen molar-refractivity contribution in [2.75, 3.05) is 0 Å². The number of hydrogen-bond acceptors (Lipinski definition) is 4. The molecule has 2 aromatic rings. The third-order valence-corrected chi connectivity index (χ3v) is 4.30. The third-order valence-electron chi connectivity index (χ3n) is 3.11. The molecule has 0 spiro atoms. The summed E-state index contributed by atoms with van der Waals surface area (Å²) in [6.45, 7) is 4.69. The van der Waals surface area contributed by atoms with Gasteiger partial charge in [0, 0.05) is 22.5 Å². The molecule has 0 aliphatic rings. The van der Waals surface area contributed by atoms with Crippen molar-refractivity contribution < 1.29 is 5.11 Å². The van der Waals surface area contributed by atoms with Gasteiger partial charge in [-0.25, -0.2) is 4.98 Å². The zero-order chi connectivity index (χ0) is 13.8. The molecule has 0 fully saturated rings. The highest BCUT2D eigenvalue weighted by Gasteiger charge is 2.16. The Morgan fingerprint density at radius 3 is 2.63 bits per heavy atom. The Morgan fingerprint density at radius 2 is 2.05 bits per heavy atom. The topological polar surface area (TPSA) is 45.2 Å². The van der Waals surface area contributed by atoms with E-state index in [1.165, 1.54) is 4.88 Å². The van der Waals surface area contributed by atoms with Gasteiger partial charge in [-0.2, -0.15) is 0 Å². The molecular weight excluding hydrogens is 280 g/mol. The lowest BCUT2D eigenvalue weighted by Gasteiger charge is -2.20. The van der Waals surface area contributed by atoms with E-state index in [0.29, 0.717) is 5.02 Å². The van der Waals surface area contributed by atoms with Crippen LogP contribution >= 0.6 is 22.9 Å². The van der Waals surface area contributed by atoms with Crippen molar-refractivity contribution in [3.63, 3.8) is 0 Å². The molecule has 0 aliphatic carbocycles. The van der Waals surface area contributed by atoms with Crippen LogP contribution < -0.4 is 5.32 Å². The summed E-state index contributed by atoms with van der Waals surface area (Å²) in [6, 6.07) is 7.25. The number of hydrogen-bond donors (Lipinski definition) is 2. The predicted octanol–water partition coefficient (Wildman–Crippen LogP) is 3.32. The van der Waals surface area contributed by atoms with Crippen molar-refractivity contribution in [2.45, 2.75) is 32.5 Å². The molecule has 2 N–H and O–H groups in total. The van der Waals surface area contributed by atoms with Crippen LogP contribution in [0.2, 0.25) is 5.02 Å². The average molecular weight is 297 g/mol. The Morgan fingerprint density at radius 1 is 1.37 bits per heavy atom. The van der Waals surface area contributed by atoms with Crippen LogP contribution in [-0.4, -0.2) is 16.1 Å². The fourth-order valence-corrected chi connectivity index (χ4v) is 2.66. The summed E-state index contributed by atoms with van der Waals surface area (Å²) in [7, 11) is 0. The van der Waals surface area contributed by atoms with E-state index in [0.717, 1.165) is 17.8 Å². The zero-order valence-corrected chi connectivity index (χ0v) is 12.5. The van der Waals surface area contributed by atoms with Crippen molar-refractivity contribution in [1.29, 1.82) is 0 Å². The van der Waals surface area contributed by atoms with E-state index < -0.39 is 6.10 Å². The molecule has 3 nitrogen and oxygen atoms in total. The van der Waals surface area contributed by atoms with E-state index in [4.69, 9.17) is 11.6 Å². The summed E-state index contributed by atoms with van der Waals surface area (Å²) < 4.78 is 0. The number of rotatable bonds is 5. The van der Waals surface area contributed by atoms with E-state index in [1.807, 2.05) is 31.5 Å². The predicted molar refractivity (Wildman–Crippen MR) is 79.6 cm³/mol. The quantitative estimate of drug-likeness (QED) is 0.890. The maximum atomic E-state index is 10.3. The number of nitrogens with zero attached hydrogens (tertiary/aromatic N) is 1. The van der Waals surface area contributed by atoms with Crippen LogP contribution in [0.5, 0.6) is 0 Å². The first-order valence-corrected chi connectivity index (χ1v) is 7.39. The van der Waals surface area contributed by atoms with Gasteiger partial charge in [0.1, 0.15) is 0 Å². The van der Waals surface area contributed by atoms with Gasteiger partial charge in [0.25, 0.3) is 0 Å². The Kier molecular flexibility index (Phi) is 4.93. The lowest BCUT2D eigenvalue weighted by Crippen LogP contribution is -2.31. The SMILES string of the molecule is Cc1ncsc1CNC(C)C(O)c1ccc(Cl)cc1. The molecule has 102 valence electrons. The second-order valence-corrected chi connectivity index (χ2v) is 5.90. The number of aliphatic hydroxyl groups is 1. The second kappa shape index (κ2) is 6.48. The number of halogens is 1. The number of thiazole rings is 1. The van der Waals surface area contributed by atoms with Gasteiger partial charge in [-0.1, -0.05) is 23.7 Å². The van der Waals surface area contributed by atoms with Crippen molar-refractivity contribution >= 4 is 22.9 Å². The van der Waals surface area contributed by atoms with Crippen LogP contribution in [0.25, 0.3) is 0 Å². The first kappa shape index (κ1) is 14.5. The Labute approximate surface area is 122 Å². The molecule has 0 bridgehead atoms. The van der Waals surface area contributed by atoms with E-state index in [2.05, 4.69) is 10.3 Å². The third kappa shape index (κ3) is 3.76. The maximum Gasteiger partial charge on any atom is 0.0940 e. The zero-order valence-electron chi connectivity index (χ0n) is 10.9. The van der Waals surface area contributed by atoms with Gasteiger partial charge in [0.2, 0.25) is 0 Å². The van der Waals surface area contributed by atoms with Gasteiger partial charge < -0.3 is 10.4 Å². The van der Waals surface area contributed by atoms with Gasteiger partial charge in [-0.3, -0.25) is 0 Å². The summed E-state index contributed by atoms with van der Waals surface area (Å²) in [5, 5.41) is 14.3. The van der Waals surface area contributed by atoms with Crippen molar-refractivity contribution in [3.8, 4) is 0 Å². The normalized spacial score (nSPS) is 14.3. The van der Waals surface area contributed by atoms with Gasteiger partial charge in [-0.15, -0.1) is 11.3 Å². The van der Waals surface area contributed by atoms with Crippen molar-refractivity contribution in [2.24, 2.45) is 0 Å². The van der Waals surface area contributed by atoms with Crippen LogP contribution in [0.1, 0.15) is 29.2 Å². The molecule has 2 rings (SSSR count). The van der Waals surface area contributed by atoms with Crippen LogP contribution in [0.3, 0.4) is 0 Å². The standard InChI is InChI=1S/C14H17ClN2OS/c1-9-13(19-8-17-9)7-16-10(2)14(18)11-3-5-12(15)6-4-11/h3-6,8,10,14,16,18H,7H2,1-2H3. The van der Waals surface area contributed by atoms with Crippen LogP contribution in [0.15, 0.2) is 29.8 Å². The van der Waals surface area contributed by atoms with Gasteiger partial charge in [0.05, 0.1) is 17.3 Å². The number of benzene rings is 1. The lowest BCUT2D eigenvalue weighted by atomic mass is 10.0. The largest absolute Gasteiger partial charge is 0.387 e. The van der Waals surface area contributed by atoms with Crippen LogP contribution in [0, 0.1) is 6.92 Å². The number of nitrogens with one attached hydrogen (secondary N) is 1. The monoisotopic (exact) mass is 296 g/mol. The molecule has 0 saturated carbocycles. The molecule has 1 aromatic carbocycles. The number of aromatic nitrogens is 1. The smallest absolute Gasteiger partial charge is 0.0940 e. The molecule has 0 aliphatic heterocycles. The highest BCUT2D eigenvalue weighted by molar-refractivity contribution is 7.09. The van der Waals surface area contributed by atoms with Gasteiger partial charge in [-0.05, 0) is 31.5 Å². The number of aryl methyl sites for hydroxylation is 1. The molecule has 0 radical (unpaired) electrons. The fourth-order valence-electron chi connectivity index (χ4n) is 1.81. The number of aliphatic hydroxyl groups excluding tert-OH is 1. The first-order chi connectivity index (χ1) is 9.08. The van der Waals surface area contributed by atoms with Crippen LogP contribution in [0.4, 0.5) is 0 Å². The molecule has 0 amide bonds. The van der Waals surface area contributed by atoms with E-state index in [-0.39, 0.29) is 6.04 Å². The average Bonchev–Trinajstić information content (AvgIpc) is 2.81. The molecule has 2 unspecified atom stereocenters. The van der Waals surface area contributed by atoms with E-state index >= 15 is 0 Å². The molecule has 0 saturated heterocycles. The Balaban J connectivity index is 1.94. The Hall–Kier alpha value is -0.940. The van der Waals surface area contributed by atoms with Crippen molar-refractivity contribution in [1.82, 2.24) is 10.3 Å². The fraction of sp³-hybridized carbons (Fsp3) is 0.357.